The summed E-state index contributed by atoms with van der Waals surface area (Å²) in [7, 11) is 2.05. The maximum absolute atomic E-state index is 14.9. The quantitative estimate of drug-likeness (QED) is 0.575. The van der Waals surface area contributed by atoms with Gasteiger partial charge >= 0.3 is 0 Å². The molecule has 0 spiro atoms. The first-order chi connectivity index (χ1) is 11.0. The van der Waals surface area contributed by atoms with E-state index in [0.717, 1.165) is 23.2 Å². The Morgan fingerprint density at radius 2 is 1.87 bits per heavy atom. The van der Waals surface area contributed by atoms with Crippen LogP contribution >= 0.6 is 0 Å². The molecule has 1 aromatic heterocycles. The van der Waals surface area contributed by atoms with E-state index in [4.69, 9.17) is 0 Å². The van der Waals surface area contributed by atoms with Crippen molar-refractivity contribution in [2.24, 2.45) is 7.05 Å². The van der Waals surface area contributed by atoms with Crippen molar-refractivity contribution in [3.05, 3.63) is 65.1 Å². The first-order valence-corrected chi connectivity index (χ1v) is 8.21. The van der Waals surface area contributed by atoms with E-state index in [1.54, 1.807) is 6.07 Å². The first-order valence-electron chi connectivity index (χ1n) is 8.21. The number of hydrogen-bond acceptors (Lipinski definition) is 0. The fourth-order valence-electron chi connectivity index (χ4n) is 4.17. The molecule has 1 aliphatic carbocycles. The van der Waals surface area contributed by atoms with E-state index in [2.05, 4.69) is 62.8 Å². The smallest absolute Gasteiger partial charge is 0.207 e. The summed E-state index contributed by atoms with van der Waals surface area (Å²) in [4.78, 5) is 0. The third-order valence-corrected chi connectivity index (χ3v) is 5.32. The molecule has 0 amide bonds. The minimum absolute atomic E-state index is 0.103. The van der Waals surface area contributed by atoms with Crippen molar-refractivity contribution in [1.82, 2.24) is 0 Å². The molecule has 0 bridgehead atoms. The highest BCUT2D eigenvalue weighted by atomic mass is 19.1. The summed E-state index contributed by atoms with van der Waals surface area (Å²) in [6, 6.07) is 12.1. The number of rotatable bonds is 1. The highest BCUT2D eigenvalue weighted by molar-refractivity contribution is 6.00. The number of aromatic nitrogens is 1. The maximum Gasteiger partial charge on any atom is 0.221 e. The van der Waals surface area contributed by atoms with Crippen LogP contribution in [0.15, 0.2) is 42.6 Å². The SMILES string of the molecule is CCc1ccc(F)c2c1-c1c3c(cccc3cc[n+]1C)C2(C)C. The van der Waals surface area contributed by atoms with Gasteiger partial charge in [-0.05, 0) is 29.0 Å². The molecule has 0 atom stereocenters. The fraction of sp³-hybridized carbons (Fsp3) is 0.286. The van der Waals surface area contributed by atoms with Gasteiger partial charge in [0, 0.05) is 17.0 Å². The summed E-state index contributed by atoms with van der Waals surface area (Å²) >= 11 is 0. The molecule has 4 rings (SSSR count). The lowest BCUT2D eigenvalue weighted by Gasteiger charge is -2.34. The molecule has 3 aromatic rings. The van der Waals surface area contributed by atoms with Gasteiger partial charge in [-0.3, -0.25) is 0 Å². The van der Waals surface area contributed by atoms with Crippen LogP contribution in [0.3, 0.4) is 0 Å². The number of aryl methyl sites for hydroxylation is 2. The zero-order chi connectivity index (χ0) is 16.4. The number of benzene rings is 2. The van der Waals surface area contributed by atoms with Crippen molar-refractivity contribution >= 4 is 10.8 Å². The van der Waals surface area contributed by atoms with Crippen LogP contribution in [0.5, 0.6) is 0 Å². The molecule has 0 radical (unpaired) electrons. The number of fused-ring (bicyclic) bond motifs is 2. The lowest BCUT2D eigenvalue weighted by atomic mass is 9.68. The monoisotopic (exact) mass is 306 g/mol. The highest BCUT2D eigenvalue weighted by Crippen LogP contribution is 2.49. The third-order valence-electron chi connectivity index (χ3n) is 5.32. The Balaban J connectivity index is 2.32. The molecule has 0 N–H and O–H groups in total. The van der Waals surface area contributed by atoms with Crippen LogP contribution in [0.2, 0.25) is 0 Å². The van der Waals surface area contributed by atoms with Crippen molar-refractivity contribution in [3.63, 3.8) is 0 Å². The Morgan fingerprint density at radius 1 is 1.09 bits per heavy atom. The van der Waals surface area contributed by atoms with Crippen LogP contribution in [0.25, 0.3) is 22.0 Å². The molecule has 1 nitrogen and oxygen atoms in total. The summed E-state index contributed by atoms with van der Waals surface area (Å²) in [6.07, 6.45) is 2.98. The van der Waals surface area contributed by atoms with Gasteiger partial charge in [-0.1, -0.05) is 45.0 Å². The Morgan fingerprint density at radius 3 is 2.61 bits per heavy atom. The molecule has 2 heteroatoms. The van der Waals surface area contributed by atoms with Crippen molar-refractivity contribution in [2.45, 2.75) is 32.6 Å². The summed E-state index contributed by atoms with van der Waals surface area (Å²) in [5, 5.41) is 2.48. The molecule has 0 saturated heterocycles. The second-order valence-electron chi connectivity index (χ2n) is 6.98. The number of pyridine rings is 1. The molecule has 2 aromatic carbocycles. The van der Waals surface area contributed by atoms with Gasteiger partial charge in [-0.25, -0.2) is 8.96 Å². The summed E-state index contributed by atoms with van der Waals surface area (Å²) in [5.74, 6) is -0.103. The van der Waals surface area contributed by atoms with Gasteiger partial charge in [0.15, 0.2) is 6.20 Å². The van der Waals surface area contributed by atoms with Gasteiger partial charge in [-0.15, -0.1) is 0 Å². The Kier molecular flexibility index (Phi) is 2.90. The molecule has 0 fully saturated rings. The summed E-state index contributed by atoms with van der Waals surface area (Å²) in [5.41, 5.74) is 5.14. The third kappa shape index (κ3) is 1.75. The van der Waals surface area contributed by atoms with Crippen molar-refractivity contribution in [3.8, 4) is 11.3 Å². The van der Waals surface area contributed by atoms with Crippen LogP contribution in [-0.4, -0.2) is 0 Å². The molecular weight excluding hydrogens is 285 g/mol. The molecule has 1 heterocycles. The average Bonchev–Trinajstić information content (AvgIpc) is 2.53. The van der Waals surface area contributed by atoms with Crippen LogP contribution < -0.4 is 4.57 Å². The van der Waals surface area contributed by atoms with E-state index in [-0.39, 0.29) is 11.2 Å². The van der Waals surface area contributed by atoms with E-state index in [1.807, 2.05) is 6.07 Å². The predicted molar refractivity (Wildman–Crippen MR) is 92.0 cm³/mol. The lowest BCUT2D eigenvalue weighted by molar-refractivity contribution is -0.659. The average molecular weight is 306 g/mol. The van der Waals surface area contributed by atoms with Gasteiger partial charge in [0.05, 0.1) is 10.9 Å². The van der Waals surface area contributed by atoms with Gasteiger partial charge in [0.1, 0.15) is 12.9 Å². The predicted octanol–water partition coefficient (Wildman–Crippen LogP) is 4.67. The fourth-order valence-corrected chi connectivity index (χ4v) is 4.17. The zero-order valence-electron chi connectivity index (χ0n) is 14.1. The van der Waals surface area contributed by atoms with E-state index in [9.17, 15) is 4.39 Å². The van der Waals surface area contributed by atoms with Crippen molar-refractivity contribution in [1.29, 1.82) is 0 Å². The molecule has 0 aliphatic heterocycles. The van der Waals surface area contributed by atoms with Gasteiger partial charge < -0.3 is 0 Å². The van der Waals surface area contributed by atoms with E-state index in [0.29, 0.717) is 0 Å². The topological polar surface area (TPSA) is 3.88 Å². The number of halogens is 1. The Hall–Kier alpha value is -2.22. The molecule has 0 unspecified atom stereocenters. The summed E-state index contributed by atoms with van der Waals surface area (Å²) in [6.45, 7) is 6.42. The summed E-state index contributed by atoms with van der Waals surface area (Å²) < 4.78 is 17.0. The lowest BCUT2D eigenvalue weighted by Crippen LogP contribution is -2.36. The van der Waals surface area contributed by atoms with Gasteiger partial charge in [0.2, 0.25) is 5.69 Å². The molecular formula is C21H21FN+. The normalized spacial score (nSPS) is 14.8. The van der Waals surface area contributed by atoms with Gasteiger partial charge in [-0.2, -0.15) is 0 Å². The Labute approximate surface area is 136 Å². The first kappa shape index (κ1) is 14.4. The largest absolute Gasteiger partial charge is 0.221 e. The molecule has 1 aliphatic rings. The van der Waals surface area contributed by atoms with Crippen molar-refractivity contribution < 1.29 is 8.96 Å². The molecule has 23 heavy (non-hydrogen) atoms. The second-order valence-corrected chi connectivity index (χ2v) is 6.98. The van der Waals surface area contributed by atoms with E-state index < -0.39 is 0 Å². The molecule has 116 valence electrons. The van der Waals surface area contributed by atoms with Crippen molar-refractivity contribution in [2.75, 3.05) is 0 Å². The number of hydrogen-bond donors (Lipinski definition) is 0. The van der Waals surface area contributed by atoms with E-state index in [1.165, 1.54) is 21.9 Å². The Bertz CT molecular complexity index is 954. The van der Waals surface area contributed by atoms with Crippen LogP contribution in [0, 0.1) is 5.82 Å². The van der Waals surface area contributed by atoms with Crippen LogP contribution in [0.4, 0.5) is 4.39 Å². The number of nitrogens with zero attached hydrogens (tertiary/aromatic N) is 1. The zero-order valence-corrected chi connectivity index (χ0v) is 14.1. The second kappa shape index (κ2) is 4.64. The minimum Gasteiger partial charge on any atom is -0.207 e. The highest BCUT2D eigenvalue weighted by Gasteiger charge is 2.40. The minimum atomic E-state index is -0.342. The van der Waals surface area contributed by atoms with Crippen LogP contribution in [-0.2, 0) is 18.9 Å². The maximum atomic E-state index is 14.9. The van der Waals surface area contributed by atoms with Gasteiger partial charge in [0.25, 0.3) is 0 Å². The standard InChI is InChI=1S/C21H21FN/c1-5-13-9-10-16(22)19-18(13)20-17-14(11-12-23(20)4)7-6-8-15(17)21(19,2)3/h6-12H,5H2,1-4H3/q+1. The van der Waals surface area contributed by atoms with Crippen LogP contribution in [0.1, 0.15) is 37.5 Å². The van der Waals surface area contributed by atoms with E-state index >= 15 is 0 Å². The molecule has 0 saturated carbocycles.